The third-order valence-electron chi connectivity index (χ3n) is 2.57. The van der Waals surface area contributed by atoms with Crippen molar-refractivity contribution in [2.75, 3.05) is 0 Å². The first-order chi connectivity index (χ1) is 5.40. The van der Waals surface area contributed by atoms with E-state index in [1.165, 1.54) is 0 Å². The van der Waals surface area contributed by atoms with Crippen molar-refractivity contribution in [1.82, 2.24) is 0 Å². The second-order valence-electron chi connectivity index (χ2n) is 4.47. The van der Waals surface area contributed by atoms with E-state index in [2.05, 4.69) is 13.5 Å². The van der Waals surface area contributed by atoms with Gasteiger partial charge in [-0.15, -0.1) is 6.58 Å². The van der Waals surface area contributed by atoms with Crippen molar-refractivity contribution >= 4 is 5.78 Å². The Morgan fingerprint density at radius 3 is 2.50 bits per heavy atom. The van der Waals surface area contributed by atoms with Gasteiger partial charge in [0.2, 0.25) is 0 Å². The van der Waals surface area contributed by atoms with E-state index < -0.39 is 0 Å². The number of carbonyl (C=O) groups is 1. The molecule has 0 N–H and O–H groups in total. The van der Waals surface area contributed by atoms with Gasteiger partial charge in [0.25, 0.3) is 0 Å². The molecule has 0 aromatic carbocycles. The van der Waals surface area contributed by atoms with Gasteiger partial charge in [-0.2, -0.15) is 0 Å². The summed E-state index contributed by atoms with van der Waals surface area (Å²) in [7, 11) is 0. The van der Waals surface area contributed by atoms with Gasteiger partial charge < -0.3 is 0 Å². The standard InChI is InChI=1S/C11H16O/c1-5-11(4)7-6-9(12)10(2,3)8-11/h5-7H,1,8H2,2-4H3. The highest BCUT2D eigenvalue weighted by Crippen LogP contribution is 2.40. The monoisotopic (exact) mass is 164 g/mol. The highest BCUT2D eigenvalue weighted by Gasteiger charge is 2.36. The van der Waals surface area contributed by atoms with Gasteiger partial charge in [0.1, 0.15) is 0 Å². The van der Waals surface area contributed by atoms with E-state index in [0.29, 0.717) is 0 Å². The van der Waals surface area contributed by atoms with Gasteiger partial charge in [-0.1, -0.05) is 32.9 Å². The van der Waals surface area contributed by atoms with Gasteiger partial charge >= 0.3 is 0 Å². The zero-order chi connectivity index (χ0) is 9.41. The van der Waals surface area contributed by atoms with Crippen LogP contribution >= 0.6 is 0 Å². The molecule has 0 heterocycles. The van der Waals surface area contributed by atoms with Crippen LogP contribution in [-0.2, 0) is 4.79 Å². The van der Waals surface area contributed by atoms with Gasteiger partial charge in [-0.3, -0.25) is 4.79 Å². The van der Waals surface area contributed by atoms with Crippen LogP contribution in [0.15, 0.2) is 24.8 Å². The molecule has 0 aromatic heterocycles. The van der Waals surface area contributed by atoms with Crippen LogP contribution in [0.4, 0.5) is 0 Å². The minimum atomic E-state index is -0.225. The Hall–Kier alpha value is -0.850. The van der Waals surface area contributed by atoms with E-state index in [4.69, 9.17) is 0 Å². The fourth-order valence-electron chi connectivity index (χ4n) is 1.73. The summed E-state index contributed by atoms with van der Waals surface area (Å²) in [6.07, 6.45) is 6.41. The number of hydrogen-bond acceptors (Lipinski definition) is 1. The molecule has 1 atom stereocenters. The summed E-state index contributed by atoms with van der Waals surface area (Å²) in [5.74, 6) is 0.224. The largest absolute Gasteiger partial charge is 0.294 e. The minimum Gasteiger partial charge on any atom is -0.294 e. The van der Waals surface area contributed by atoms with E-state index in [1.807, 2.05) is 26.0 Å². The normalized spacial score (nSPS) is 33.4. The van der Waals surface area contributed by atoms with Crippen LogP contribution in [0.2, 0.25) is 0 Å². The summed E-state index contributed by atoms with van der Waals surface area (Å²) in [5, 5.41) is 0. The second-order valence-corrected chi connectivity index (χ2v) is 4.47. The predicted octanol–water partition coefficient (Wildman–Crippen LogP) is 2.73. The molecule has 0 saturated heterocycles. The molecule has 0 saturated carbocycles. The Morgan fingerprint density at radius 2 is 2.08 bits per heavy atom. The predicted molar refractivity (Wildman–Crippen MR) is 50.8 cm³/mol. The molecule has 1 rings (SSSR count). The summed E-state index contributed by atoms with van der Waals surface area (Å²) in [5.41, 5.74) is -0.227. The molecule has 0 amide bonds. The first-order valence-electron chi connectivity index (χ1n) is 4.27. The van der Waals surface area contributed by atoms with Crippen LogP contribution in [0, 0.1) is 10.8 Å². The topological polar surface area (TPSA) is 17.1 Å². The summed E-state index contributed by atoms with van der Waals surface area (Å²) < 4.78 is 0. The Bertz CT molecular complexity index is 248. The Morgan fingerprint density at radius 1 is 1.50 bits per heavy atom. The van der Waals surface area contributed by atoms with Gasteiger partial charge in [0.15, 0.2) is 5.78 Å². The molecule has 1 aliphatic carbocycles. The quantitative estimate of drug-likeness (QED) is 0.544. The molecular weight excluding hydrogens is 148 g/mol. The van der Waals surface area contributed by atoms with Gasteiger partial charge in [-0.05, 0) is 12.5 Å². The third kappa shape index (κ3) is 1.50. The fourth-order valence-corrected chi connectivity index (χ4v) is 1.73. The van der Waals surface area contributed by atoms with Crippen LogP contribution < -0.4 is 0 Å². The minimum absolute atomic E-state index is 0.00257. The first-order valence-corrected chi connectivity index (χ1v) is 4.27. The number of allylic oxidation sites excluding steroid dienone is 3. The Kier molecular flexibility index (Phi) is 1.99. The smallest absolute Gasteiger partial charge is 0.161 e. The van der Waals surface area contributed by atoms with E-state index in [0.717, 1.165) is 6.42 Å². The maximum atomic E-state index is 11.4. The number of hydrogen-bond donors (Lipinski definition) is 0. The molecule has 0 aromatic rings. The highest BCUT2D eigenvalue weighted by atomic mass is 16.1. The molecule has 0 radical (unpaired) electrons. The summed E-state index contributed by atoms with van der Waals surface area (Å²) in [4.78, 5) is 11.4. The van der Waals surface area contributed by atoms with Gasteiger partial charge in [0, 0.05) is 10.8 Å². The van der Waals surface area contributed by atoms with Crippen molar-refractivity contribution in [2.45, 2.75) is 27.2 Å². The van der Waals surface area contributed by atoms with Crippen LogP contribution in [-0.4, -0.2) is 5.78 Å². The van der Waals surface area contributed by atoms with E-state index in [-0.39, 0.29) is 16.6 Å². The number of rotatable bonds is 1. The molecule has 12 heavy (non-hydrogen) atoms. The number of carbonyl (C=O) groups excluding carboxylic acids is 1. The highest BCUT2D eigenvalue weighted by molar-refractivity contribution is 5.95. The Labute approximate surface area is 74.2 Å². The first kappa shape index (κ1) is 9.24. The molecule has 0 fully saturated rings. The van der Waals surface area contributed by atoms with Crippen LogP contribution in [0.3, 0.4) is 0 Å². The maximum Gasteiger partial charge on any atom is 0.161 e. The van der Waals surface area contributed by atoms with E-state index >= 15 is 0 Å². The molecule has 0 bridgehead atoms. The van der Waals surface area contributed by atoms with E-state index in [1.54, 1.807) is 6.08 Å². The lowest BCUT2D eigenvalue weighted by molar-refractivity contribution is -0.124. The van der Waals surface area contributed by atoms with Crippen molar-refractivity contribution in [3.63, 3.8) is 0 Å². The zero-order valence-electron chi connectivity index (χ0n) is 8.05. The molecule has 1 aliphatic rings. The van der Waals surface area contributed by atoms with Crippen LogP contribution in [0.5, 0.6) is 0 Å². The van der Waals surface area contributed by atoms with Crippen molar-refractivity contribution in [3.8, 4) is 0 Å². The molecule has 0 aliphatic heterocycles. The van der Waals surface area contributed by atoms with Crippen LogP contribution in [0.1, 0.15) is 27.2 Å². The van der Waals surface area contributed by atoms with Gasteiger partial charge in [-0.25, -0.2) is 0 Å². The van der Waals surface area contributed by atoms with E-state index in [9.17, 15) is 4.79 Å². The molecule has 66 valence electrons. The molecule has 1 nitrogen and oxygen atoms in total. The molecule has 0 spiro atoms. The molecule has 1 heteroatoms. The van der Waals surface area contributed by atoms with Crippen LogP contribution in [0.25, 0.3) is 0 Å². The van der Waals surface area contributed by atoms with Crippen molar-refractivity contribution in [2.24, 2.45) is 10.8 Å². The lowest BCUT2D eigenvalue weighted by Gasteiger charge is -2.35. The Balaban J connectivity index is 3.00. The van der Waals surface area contributed by atoms with Gasteiger partial charge in [0.05, 0.1) is 0 Å². The average molecular weight is 164 g/mol. The van der Waals surface area contributed by atoms with Crippen molar-refractivity contribution in [1.29, 1.82) is 0 Å². The fraction of sp³-hybridized carbons (Fsp3) is 0.545. The van der Waals surface area contributed by atoms with Crippen molar-refractivity contribution < 1.29 is 4.79 Å². The summed E-state index contributed by atoms with van der Waals surface area (Å²) >= 11 is 0. The lowest BCUT2D eigenvalue weighted by atomic mass is 9.68. The maximum absolute atomic E-state index is 11.4. The summed E-state index contributed by atoms with van der Waals surface area (Å²) in [6, 6.07) is 0. The molecular formula is C11H16O. The third-order valence-corrected chi connectivity index (χ3v) is 2.57. The SMILES string of the molecule is C=CC1(C)C=CC(=O)C(C)(C)C1. The summed E-state index contributed by atoms with van der Waals surface area (Å²) in [6.45, 7) is 9.86. The average Bonchev–Trinajstić information content (AvgIpc) is 1.97. The number of ketones is 1. The lowest BCUT2D eigenvalue weighted by Crippen LogP contribution is -2.33. The molecule has 1 unspecified atom stereocenters. The second kappa shape index (κ2) is 2.58. The zero-order valence-corrected chi connectivity index (χ0v) is 8.05. The van der Waals surface area contributed by atoms with Crippen molar-refractivity contribution in [3.05, 3.63) is 24.8 Å².